The summed E-state index contributed by atoms with van der Waals surface area (Å²) < 4.78 is 0. The summed E-state index contributed by atoms with van der Waals surface area (Å²) in [7, 11) is 0. The van der Waals surface area contributed by atoms with Crippen molar-refractivity contribution in [3.63, 3.8) is 0 Å². The molecule has 0 bridgehead atoms. The van der Waals surface area contributed by atoms with E-state index in [-0.39, 0.29) is 11.9 Å². The molecule has 1 aliphatic rings. The maximum absolute atomic E-state index is 11.8. The molecular weight excluding hydrogens is 240 g/mol. The molecular formula is C12H13ClN2O2. The highest BCUT2D eigenvalue weighted by molar-refractivity contribution is 6.32. The molecule has 0 aromatic heterocycles. The fourth-order valence-electron chi connectivity index (χ4n) is 1.72. The van der Waals surface area contributed by atoms with Gasteiger partial charge in [0.05, 0.1) is 5.69 Å². The van der Waals surface area contributed by atoms with Crippen LogP contribution in [0.5, 0.6) is 0 Å². The highest BCUT2D eigenvalue weighted by atomic mass is 35.5. The van der Waals surface area contributed by atoms with E-state index in [2.05, 4.69) is 5.32 Å². The van der Waals surface area contributed by atoms with Gasteiger partial charge in [0.1, 0.15) is 0 Å². The normalized spacial score (nSPS) is 16.7. The Kier molecular flexibility index (Phi) is 3.33. The number of amides is 3. The van der Waals surface area contributed by atoms with Crippen LogP contribution in [0.4, 0.5) is 10.5 Å². The molecule has 0 unspecified atom stereocenters. The van der Waals surface area contributed by atoms with E-state index in [0.717, 1.165) is 10.5 Å². The summed E-state index contributed by atoms with van der Waals surface area (Å²) in [5.74, 6) is -0.195. The van der Waals surface area contributed by atoms with Crippen molar-refractivity contribution in [1.82, 2.24) is 5.32 Å². The lowest BCUT2D eigenvalue weighted by Crippen LogP contribution is -2.41. The number of carbonyl (C=O) groups excluding carboxylic acids is 2. The van der Waals surface area contributed by atoms with E-state index in [4.69, 9.17) is 11.6 Å². The second kappa shape index (κ2) is 4.75. The minimum absolute atomic E-state index is 0.195. The van der Waals surface area contributed by atoms with E-state index < -0.39 is 0 Å². The Balaban J connectivity index is 2.38. The number of carbonyl (C=O) groups is 2. The molecule has 5 heteroatoms. The average molecular weight is 253 g/mol. The van der Waals surface area contributed by atoms with Gasteiger partial charge in [0.15, 0.2) is 0 Å². The van der Waals surface area contributed by atoms with Crippen molar-refractivity contribution in [2.24, 2.45) is 0 Å². The molecule has 0 radical (unpaired) electrons. The molecule has 0 atom stereocenters. The molecule has 1 aromatic rings. The molecule has 0 saturated carbocycles. The number of benzene rings is 1. The summed E-state index contributed by atoms with van der Waals surface area (Å²) in [6.07, 6.45) is 1.03. The summed E-state index contributed by atoms with van der Waals surface area (Å²) in [5.41, 5.74) is 1.43. The maximum atomic E-state index is 11.8. The number of nitrogens with zero attached hydrogens (tertiary/aromatic N) is 1. The largest absolute Gasteiger partial charge is 0.337 e. The maximum Gasteiger partial charge on any atom is 0.328 e. The summed E-state index contributed by atoms with van der Waals surface area (Å²) in [5, 5.41) is 3.23. The van der Waals surface area contributed by atoms with Gasteiger partial charge >= 0.3 is 6.03 Å². The zero-order valence-corrected chi connectivity index (χ0v) is 10.3. The number of imide groups is 1. The molecule has 17 heavy (non-hydrogen) atoms. The van der Waals surface area contributed by atoms with Crippen LogP contribution in [-0.2, 0) is 4.79 Å². The van der Waals surface area contributed by atoms with Gasteiger partial charge in [-0.1, -0.05) is 17.7 Å². The zero-order chi connectivity index (χ0) is 12.4. The van der Waals surface area contributed by atoms with E-state index in [1.807, 2.05) is 6.92 Å². The number of rotatable bonds is 1. The lowest BCUT2D eigenvalue weighted by atomic mass is 10.2. The monoisotopic (exact) mass is 252 g/mol. The Hall–Kier alpha value is -1.55. The molecule has 90 valence electrons. The molecule has 3 amide bonds. The van der Waals surface area contributed by atoms with E-state index in [1.54, 1.807) is 18.2 Å². The number of urea groups is 1. The Morgan fingerprint density at radius 2 is 2.12 bits per heavy atom. The Labute approximate surface area is 105 Å². The van der Waals surface area contributed by atoms with E-state index in [9.17, 15) is 9.59 Å². The average Bonchev–Trinajstić information content (AvgIpc) is 2.45. The summed E-state index contributed by atoms with van der Waals surface area (Å²) >= 11 is 6.00. The van der Waals surface area contributed by atoms with Crippen LogP contribution >= 0.6 is 11.6 Å². The number of aryl methyl sites for hydroxylation is 1. The van der Waals surface area contributed by atoms with Gasteiger partial charge in [0.2, 0.25) is 5.91 Å². The third-order valence-corrected chi connectivity index (χ3v) is 3.12. The first kappa shape index (κ1) is 11.9. The highest BCUT2D eigenvalue weighted by Crippen LogP contribution is 2.24. The fraction of sp³-hybridized carbons (Fsp3) is 0.333. The SMILES string of the molecule is Cc1ccc(N2C(=O)CCCNC2=O)cc1Cl. The van der Waals surface area contributed by atoms with Gasteiger partial charge in [-0.15, -0.1) is 0 Å². The van der Waals surface area contributed by atoms with E-state index in [1.165, 1.54) is 0 Å². The van der Waals surface area contributed by atoms with Gasteiger partial charge in [-0.2, -0.15) is 0 Å². The number of anilines is 1. The molecule has 4 nitrogen and oxygen atoms in total. The van der Waals surface area contributed by atoms with Crippen LogP contribution < -0.4 is 10.2 Å². The molecule has 1 aliphatic heterocycles. The molecule has 0 aliphatic carbocycles. The van der Waals surface area contributed by atoms with Crippen molar-refractivity contribution >= 4 is 29.2 Å². The first-order valence-electron chi connectivity index (χ1n) is 5.46. The molecule has 1 N–H and O–H groups in total. The first-order chi connectivity index (χ1) is 8.09. The van der Waals surface area contributed by atoms with Gasteiger partial charge in [-0.25, -0.2) is 9.69 Å². The molecule has 1 saturated heterocycles. The van der Waals surface area contributed by atoms with Crippen molar-refractivity contribution in [3.8, 4) is 0 Å². The van der Waals surface area contributed by atoms with Crippen LogP contribution in [0.15, 0.2) is 18.2 Å². The number of hydrogen-bond donors (Lipinski definition) is 1. The van der Waals surface area contributed by atoms with Crippen molar-refractivity contribution in [2.45, 2.75) is 19.8 Å². The van der Waals surface area contributed by atoms with E-state index >= 15 is 0 Å². The predicted octanol–water partition coefficient (Wildman–Crippen LogP) is 2.48. The summed E-state index contributed by atoms with van der Waals surface area (Å²) in [4.78, 5) is 24.8. The van der Waals surface area contributed by atoms with Crippen LogP contribution in [0.2, 0.25) is 5.02 Å². The lowest BCUT2D eigenvalue weighted by molar-refractivity contribution is -0.117. The fourth-order valence-corrected chi connectivity index (χ4v) is 1.90. The number of hydrogen-bond acceptors (Lipinski definition) is 2. The number of nitrogens with one attached hydrogen (secondary N) is 1. The van der Waals surface area contributed by atoms with Gasteiger partial charge in [0.25, 0.3) is 0 Å². The summed E-state index contributed by atoms with van der Waals surface area (Å²) in [6, 6.07) is 4.78. The molecule has 1 fully saturated rings. The van der Waals surface area contributed by atoms with Gasteiger partial charge < -0.3 is 5.32 Å². The molecule has 2 rings (SSSR count). The molecule has 0 spiro atoms. The summed E-state index contributed by atoms with van der Waals surface area (Å²) in [6.45, 7) is 2.40. The van der Waals surface area contributed by atoms with Gasteiger partial charge in [0, 0.05) is 18.0 Å². The van der Waals surface area contributed by atoms with Crippen LogP contribution in [0.25, 0.3) is 0 Å². The van der Waals surface area contributed by atoms with Crippen molar-refractivity contribution in [1.29, 1.82) is 0 Å². The zero-order valence-electron chi connectivity index (χ0n) is 9.50. The third kappa shape index (κ3) is 2.42. The van der Waals surface area contributed by atoms with Gasteiger partial charge in [-0.05, 0) is 31.0 Å². The van der Waals surface area contributed by atoms with Crippen molar-refractivity contribution in [2.75, 3.05) is 11.4 Å². The Morgan fingerprint density at radius 3 is 2.82 bits per heavy atom. The standard InChI is InChI=1S/C12H13ClN2O2/c1-8-4-5-9(7-10(8)13)15-11(16)3-2-6-14-12(15)17/h4-5,7H,2-3,6H2,1H3,(H,14,17). The van der Waals surface area contributed by atoms with Crippen molar-refractivity contribution < 1.29 is 9.59 Å². The Morgan fingerprint density at radius 1 is 1.35 bits per heavy atom. The van der Waals surface area contributed by atoms with Crippen LogP contribution in [-0.4, -0.2) is 18.5 Å². The smallest absolute Gasteiger partial charge is 0.328 e. The number of halogens is 1. The quantitative estimate of drug-likeness (QED) is 0.835. The predicted molar refractivity (Wildman–Crippen MR) is 66.3 cm³/mol. The lowest BCUT2D eigenvalue weighted by Gasteiger charge is -2.19. The van der Waals surface area contributed by atoms with Gasteiger partial charge in [-0.3, -0.25) is 4.79 Å². The van der Waals surface area contributed by atoms with Crippen LogP contribution in [0, 0.1) is 6.92 Å². The van der Waals surface area contributed by atoms with E-state index in [0.29, 0.717) is 30.1 Å². The first-order valence-corrected chi connectivity index (χ1v) is 5.84. The molecule has 1 aromatic carbocycles. The van der Waals surface area contributed by atoms with Crippen LogP contribution in [0.3, 0.4) is 0 Å². The van der Waals surface area contributed by atoms with Crippen LogP contribution in [0.1, 0.15) is 18.4 Å². The topological polar surface area (TPSA) is 49.4 Å². The second-order valence-electron chi connectivity index (χ2n) is 4.00. The van der Waals surface area contributed by atoms with Crippen molar-refractivity contribution in [3.05, 3.63) is 28.8 Å². The highest BCUT2D eigenvalue weighted by Gasteiger charge is 2.25. The third-order valence-electron chi connectivity index (χ3n) is 2.71. The molecule has 1 heterocycles. The second-order valence-corrected chi connectivity index (χ2v) is 4.41. The minimum atomic E-state index is -0.382. The minimum Gasteiger partial charge on any atom is -0.337 e. The Bertz CT molecular complexity index is 456.